The minimum atomic E-state index is -2.12. The summed E-state index contributed by atoms with van der Waals surface area (Å²) in [6, 6.07) is 50.4. The number of nitrogens with zero attached hydrogens (tertiary/aromatic N) is 4. The van der Waals surface area contributed by atoms with Crippen molar-refractivity contribution in [3.8, 4) is 11.5 Å². The summed E-state index contributed by atoms with van der Waals surface area (Å²) in [6.07, 6.45) is -0.00271. The largest absolute Gasteiger partial charge is 0.464 e. The van der Waals surface area contributed by atoms with Gasteiger partial charge in [0, 0.05) is 57.3 Å². The number of aliphatic hydroxyl groups is 2. The van der Waals surface area contributed by atoms with Crippen LogP contribution in [0.2, 0.25) is 0 Å². The van der Waals surface area contributed by atoms with Crippen LogP contribution in [-0.2, 0) is 19.1 Å². The lowest BCUT2D eigenvalue weighted by molar-refractivity contribution is -0.202. The molecule has 0 aliphatic carbocycles. The van der Waals surface area contributed by atoms with Crippen LogP contribution in [0.3, 0.4) is 0 Å². The van der Waals surface area contributed by atoms with E-state index in [0.29, 0.717) is 22.5 Å². The molecule has 0 bridgehead atoms. The Bertz CT molecular complexity index is 3340. The molecule has 0 saturated heterocycles. The zero-order valence-electron chi connectivity index (χ0n) is 35.7. The van der Waals surface area contributed by atoms with Gasteiger partial charge in [-0.15, -0.1) is 0 Å². The number of carbonyl (C=O) groups is 2. The first-order valence-electron chi connectivity index (χ1n) is 21.5. The smallest absolute Gasteiger partial charge is 0.379 e. The maximum Gasteiger partial charge on any atom is 0.379 e. The molecule has 0 radical (unpaired) electrons. The van der Waals surface area contributed by atoms with Gasteiger partial charge in [-0.25, -0.2) is 29.5 Å². The van der Waals surface area contributed by atoms with Gasteiger partial charge in [-0.05, 0) is 35.4 Å². The van der Waals surface area contributed by atoms with E-state index < -0.39 is 23.5 Å². The van der Waals surface area contributed by atoms with E-state index in [1.807, 2.05) is 158 Å². The third-order valence-corrected chi connectivity index (χ3v) is 12.6. The average Bonchev–Trinajstić information content (AvgIpc) is 3.37. The quantitative estimate of drug-likeness (QED) is 0.0980. The van der Waals surface area contributed by atoms with Crippen molar-refractivity contribution in [2.45, 2.75) is 36.3 Å². The predicted molar refractivity (Wildman–Crippen MR) is 250 cm³/mol. The Morgan fingerprint density at radius 2 is 0.758 bits per heavy atom. The summed E-state index contributed by atoms with van der Waals surface area (Å²) in [5, 5.41) is 25.8. The molecule has 0 fully saturated rings. The van der Waals surface area contributed by atoms with Gasteiger partial charge in [-0.3, -0.25) is 0 Å². The number of rotatable bonds is 4. The van der Waals surface area contributed by atoms with Crippen LogP contribution in [0.15, 0.2) is 158 Å². The SMILES string of the molecule is COC(=O)[C@]1(O)C[C@H](c2ccccc2)c2c(c3ccccc3c3nc4ccccc4nc23)O1.COC(=O)[C@]1(O)C[C@H](c2ccccc2)c2c(c3ccccc3c3nc4ccccc4nc23)O1. The Kier molecular flexibility index (Phi) is 9.79. The molecule has 8 aromatic carbocycles. The van der Waals surface area contributed by atoms with E-state index in [-0.39, 0.29) is 24.7 Å². The maximum absolute atomic E-state index is 12.6. The topological polar surface area (TPSA) is 163 Å². The van der Waals surface area contributed by atoms with E-state index in [1.54, 1.807) is 0 Å². The monoisotopic (exact) mass is 872 g/mol. The van der Waals surface area contributed by atoms with Crippen LogP contribution in [-0.4, -0.2) is 67.9 Å². The molecule has 0 unspecified atom stereocenters. The lowest BCUT2D eigenvalue weighted by Crippen LogP contribution is -2.49. The Morgan fingerprint density at radius 3 is 1.11 bits per heavy atom. The molecule has 4 atom stereocenters. The highest BCUT2D eigenvalue weighted by molar-refractivity contribution is 6.12. The van der Waals surface area contributed by atoms with Crippen LogP contribution in [0.5, 0.6) is 11.5 Å². The molecule has 2 N–H and O–H groups in total. The average molecular weight is 873 g/mol. The van der Waals surface area contributed by atoms with Gasteiger partial charge in [0.05, 0.1) is 58.4 Å². The van der Waals surface area contributed by atoms with Gasteiger partial charge < -0.3 is 29.2 Å². The number of ether oxygens (including phenoxy) is 4. The van der Waals surface area contributed by atoms with Crippen LogP contribution in [0.4, 0.5) is 0 Å². The number of hydrogen-bond acceptors (Lipinski definition) is 12. The summed E-state index contributed by atoms with van der Waals surface area (Å²) in [4.78, 5) is 45.1. The summed E-state index contributed by atoms with van der Waals surface area (Å²) < 4.78 is 22.0. The molecule has 12 nitrogen and oxygen atoms in total. The van der Waals surface area contributed by atoms with E-state index in [4.69, 9.17) is 38.9 Å². The van der Waals surface area contributed by atoms with Gasteiger partial charge >= 0.3 is 23.5 Å². The van der Waals surface area contributed by atoms with Gasteiger partial charge in [-0.1, -0.05) is 133 Å². The highest BCUT2D eigenvalue weighted by atomic mass is 16.7. The summed E-state index contributed by atoms with van der Waals surface area (Å²) in [7, 11) is 2.49. The second-order valence-electron chi connectivity index (χ2n) is 16.5. The molecule has 0 spiro atoms. The third-order valence-electron chi connectivity index (χ3n) is 12.6. The number of aromatic nitrogens is 4. The number of para-hydroxylation sites is 4. The van der Waals surface area contributed by atoms with Crippen molar-refractivity contribution in [2.24, 2.45) is 0 Å². The van der Waals surface area contributed by atoms with Crippen molar-refractivity contribution in [2.75, 3.05) is 14.2 Å². The summed E-state index contributed by atoms with van der Waals surface area (Å²) in [6.45, 7) is 0. The minimum Gasteiger partial charge on any atom is -0.464 e. The number of carbonyl (C=O) groups excluding carboxylic acids is 2. The van der Waals surface area contributed by atoms with Crippen molar-refractivity contribution in [1.82, 2.24) is 19.9 Å². The molecule has 2 aromatic heterocycles. The first kappa shape index (κ1) is 40.7. The van der Waals surface area contributed by atoms with Crippen molar-refractivity contribution in [1.29, 1.82) is 0 Å². The Labute approximate surface area is 377 Å². The highest BCUT2D eigenvalue weighted by Crippen LogP contribution is 2.52. The first-order chi connectivity index (χ1) is 32.2. The normalized spacial score (nSPS) is 19.9. The lowest BCUT2D eigenvalue weighted by Gasteiger charge is -2.37. The molecule has 324 valence electrons. The number of esters is 2. The Morgan fingerprint density at radius 1 is 0.455 bits per heavy atom. The molecule has 12 rings (SSSR count). The Hall–Kier alpha value is -8.06. The van der Waals surface area contributed by atoms with Crippen molar-refractivity contribution in [3.05, 3.63) is 180 Å². The van der Waals surface area contributed by atoms with E-state index in [9.17, 15) is 19.8 Å². The second kappa shape index (κ2) is 15.9. The van der Waals surface area contributed by atoms with Crippen molar-refractivity contribution < 1.29 is 38.7 Å². The van der Waals surface area contributed by atoms with Gasteiger partial charge in [0.25, 0.3) is 0 Å². The van der Waals surface area contributed by atoms with Gasteiger partial charge in [0.2, 0.25) is 0 Å². The fourth-order valence-electron chi connectivity index (χ4n) is 9.59. The van der Waals surface area contributed by atoms with E-state index in [2.05, 4.69) is 0 Å². The van der Waals surface area contributed by atoms with Crippen LogP contribution < -0.4 is 9.47 Å². The van der Waals surface area contributed by atoms with Crippen molar-refractivity contribution in [3.63, 3.8) is 0 Å². The zero-order valence-corrected chi connectivity index (χ0v) is 35.7. The predicted octanol–water partition coefficient (Wildman–Crippen LogP) is 9.42. The molecule has 0 amide bonds. The van der Waals surface area contributed by atoms with Crippen molar-refractivity contribution >= 4 is 77.6 Å². The maximum atomic E-state index is 12.6. The molecule has 2 aliphatic rings. The van der Waals surface area contributed by atoms with Gasteiger partial charge in [-0.2, -0.15) is 0 Å². The fraction of sp³-hybridized carbons (Fsp3) is 0.148. The molecule has 4 heterocycles. The van der Waals surface area contributed by atoms with Crippen LogP contribution in [0, 0.1) is 0 Å². The standard InChI is InChI=1S/2C27H20N2O4/c2*1-32-26(30)27(31)15-19(16-9-3-2-4-10-16)22-24-23(28-20-13-7-8-14-21(20)29-24)17-11-5-6-12-18(17)25(22)33-27/h2*2-14,19,31H,15H2,1H3/t2*19-,27+/m11/s1. The van der Waals surface area contributed by atoms with Crippen LogP contribution in [0.1, 0.15) is 46.9 Å². The van der Waals surface area contributed by atoms with E-state index in [1.165, 1.54) is 14.2 Å². The number of methoxy groups -OCH3 is 2. The van der Waals surface area contributed by atoms with Crippen LogP contribution in [0.25, 0.3) is 65.7 Å². The number of benzene rings is 8. The molecular weight excluding hydrogens is 833 g/mol. The fourth-order valence-corrected chi connectivity index (χ4v) is 9.59. The minimum absolute atomic E-state index is 0.00136. The zero-order chi connectivity index (χ0) is 45.2. The summed E-state index contributed by atoms with van der Waals surface area (Å²) in [5.74, 6) is -5.77. The van der Waals surface area contributed by atoms with E-state index in [0.717, 1.165) is 76.9 Å². The molecule has 10 aromatic rings. The molecule has 2 aliphatic heterocycles. The first-order valence-corrected chi connectivity index (χ1v) is 21.5. The van der Waals surface area contributed by atoms with E-state index >= 15 is 0 Å². The summed E-state index contributed by atoms with van der Waals surface area (Å²) >= 11 is 0. The van der Waals surface area contributed by atoms with Gasteiger partial charge in [0.15, 0.2) is 0 Å². The molecule has 0 saturated carbocycles. The lowest BCUT2D eigenvalue weighted by atomic mass is 9.80. The molecule has 66 heavy (non-hydrogen) atoms. The summed E-state index contributed by atoms with van der Waals surface area (Å²) in [5.41, 5.74) is 9.54. The second-order valence-corrected chi connectivity index (χ2v) is 16.5. The number of hydrogen-bond donors (Lipinski definition) is 2. The third kappa shape index (κ3) is 6.60. The molecular formula is C54H40N4O8. The molecule has 12 heteroatoms. The van der Waals surface area contributed by atoms with Gasteiger partial charge in [0.1, 0.15) is 11.5 Å². The highest BCUT2D eigenvalue weighted by Gasteiger charge is 2.50. The van der Waals surface area contributed by atoms with Crippen LogP contribution >= 0.6 is 0 Å². The number of fused-ring (bicyclic) bond motifs is 14. The Balaban J connectivity index is 0.000000146.